The second-order valence-corrected chi connectivity index (χ2v) is 6.39. The van der Waals surface area contributed by atoms with Gasteiger partial charge in [-0.05, 0) is 32.0 Å². The number of carbonyl (C=O) groups excluding carboxylic acids is 1. The Bertz CT molecular complexity index is 839. The molecule has 0 bridgehead atoms. The number of hydrogen-bond acceptors (Lipinski definition) is 6. The second-order valence-electron chi connectivity index (χ2n) is 5.36. The Kier molecular flexibility index (Phi) is 4.24. The summed E-state index contributed by atoms with van der Waals surface area (Å²) in [5.41, 5.74) is 1.47. The molecule has 120 valence electrons. The number of methoxy groups -OCH3 is 1. The van der Waals surface area contributed by atoms with Gasteiger partial charge in [-0.25, -0.2) is 9.67 Å². The van der Waals surface area contributed by atoms with Gasteiger partial charge < -0.3 is 10.1 Å². The van der Waals surface area contributed by atoms with Gasteiger partial charge in [0.2, 0.25) is 5.91 Å². The summed E-state index contributed by atoms with van der Waals surface area (Å²) in [5.74, 6) is 0.608. The minimum absolute atomic E-state index is 0.160. The molecule has 1 aromatic carbocycles. The quantitative estimate of drug-likeness (QED) is 0.777. The van der Waals surface area contributed by atoms with Crippen LogP contribution in [-0.4, -0.2) is 33.0 Å². The van der Waals surface area contributed by atoms with Gasteiger partial charge in [0.05, 0.1) is 29.4 Å². The lowest BCUT2D eigenvalue weighted by atomic mass is 10.3. The first-order chi connectivity index (χ1) is 11.0. The van der Waals surface area contributed by atoms with E-state index in [4.69, 9.17) is 4.74 Å². The van der Waals surface area contributed by atoms with Gasteiger partial charge >= 0.3 is 0 Å². The monoisotopic (exact) mass is 331 g/mol. The highest BCUT2D eigenvalue weighted by Crippen LogP contribution is 2.29. The Morgan fingerprint density at radius 3 is 2.96 bits per heavy atom. The number of fused-ring (bicyclic) bond motifs is 1. The fourth-order valence-corrected chi connectivity index (χ4v) is 2.97. The van der Waals surface area contributed by atoms with Gasteiger partial charge in [-0.2, -0.15) is 0 Å². The molecule has 0 fully saturated rings. The van der Waals surface area contributed by atoms with Gasteiger partial charge in [0.15, 0.2) is 5.13 Å². The number of nitrogens with zero attached hydrogens (tertiary/aromatic N) is 4. The van der Waals surface area contributed by atoms with E-state index in [2.05, 4.69) is 20.6 Å². The number of thiazole rings is 1. The first-order valence-electron chi connectivity index (χ1n) is 7.20. The van der Waals surface area contributed by atoms with E-state index < -0.39 is 0 Å². The van der Waals surface area contributed by atoms with Crippen LogP contribution in [0.15, 0.2) is 24.4 Å². The van der Waals surface area contributed by atoms with E-state index in [-0.39, 0.29) is 18.4 Å². The molecule has 8 heteroatoms. The van der Waals surface area contributed by atoms with E-state index in [1.54, 1.807) is 18.0 Å². The highest BCUT2D eigenvalue weighted by molar-refractivity contribution is 7.22. The molecule has 2 aromatic heterocycles. The van der Waals surface area contributed by atoms with Crippen molar-refractivity contribution >= 4 is 32.6 Å². The summed E-state index contributed by atoms with van der Waals surface area (Å²) >= 11 is 1.41. The molecule has 0 radical (unpaired) electrons. The molecular weight excluding hydrogens is 314 g/mol. The summed E-state index contributed by atoms with van der Waals surface area (Å²) in [6, 6.07) is 5.84. The zero-order valence-electron chi connectivity index (χ0n) is 13.1. The van der Waals surface area contributed by atoms with Crippen molar-refractivity contribution in [3.63, 3.8) is 0 Å². The van der Waals surface area contributed by atoms with Gasteiger partial charge in [0, 0.05) is 12.2 Å². The van der Waals surface area contributed by atoms with Gasteiger partial charge in [-0.1, -0.05) is 16.6 Å². The number of nitrogens with one attached hydrogen (secondary N) is 1. The van der Waals surface area contributed by atoms with Crippen molar-refractivity contribution in [2.24, 2.45) is 0 Å². The molecule has 0 aliphatic heterocycles. The fraction of sp³-hybridized carbons (Fsp3) is 0.333. The van der Waals surface area contributed by atoms with Gasteiger partial charge in [0.25, 0.3) is 0 Å². The third-order valence-electron chi connectivity index (χ3n) is 3.27. The van der Waals surface area contributed by atoms with Crippen LogP contribution >= 0.6 is 11.3 Å². The Balaban J connectivity index is 1.69. The van der Waals surface area contributed by atoms with E-state index in [0.717, 1.165) is 16.0 Å². The van der Waals surface area contributed by atoms with Crippen LogP contribution in [0.4, 0.5) is 5.13 Å². The van der Waals surface area contributed by atoms with Crippen LogP contribution in [0.1, 0.15) is 25.6 Å². The largest absolute Gasteiger partial charge is 0.497 e. The standard InChI is InChI=1S/C15H17N5O2S/c1-9(2)20-8-10(18-19-20)6-14(21)17-15-16-12-5-4-11(22-3)7-13(12)23-15/h4-5,7-9H,6H2,1-3H3,(H,16,17,21). The van der Waals surface area contributed by atoms with Crippen molar-refractivity contribution in [1.82, 2.24) is 20.0 Å². The number of benzene rings is 1. The molecule has 0 aliphatic rings. The fourth-order valence-electron chi connectivity index (χ4n) is 2.06. The Morgan fingerprint density at radius 1 is 1.43 bits per heavy atom. The number of anilines is 1. The Morgan fingerprint density at radius 2 is 2.26 bits per heavy atom. The number of amides is 1. The van der Waals surface area contributed by atoms with Gasteiger partial charge in [-0.3, -0.25) is 4.79 Å². The van der Waals surface area contributed by atoms with Crippen molar-refractivity contribution in [2.45, 2.75) is 26.3 Å². The molecule has 3 rings (SSSR count). The maximum atomic E-state index is 12.1. The molecule has 7 nitrogen and oxygen atoms in total. The number of rotatable bonds is 5. The number of carbonyl (C=O) groups is 1. The lowest BCUT2D eigenvalue weighted by molar-refractivity contribution is -0.115. The topological polar surface area (TPSA) is 81.9 Å². The maximum absolute atomic E-state index is 12.1. The van der Waals surface area contributed by atoms with E-state index >= 15 is 0 Å². The average molecular weight is 331 g/mol. The van der Waals surface area contributed by atoms with Crippen LogP contribution in [0.2, 0.25) is 0 Å². The van der Waals surface area contributed by atoms with Crippen molar-refractivity contribution in [1.29, 1.82) is 0 Å². The predicted molar refractivity (Wildman–Crippen MR) is 88.9 cm³/mol. The van der Waals surface area contributed by atoms with Gasteiger partial charge in [0.1, 0.15) is 5.75 Å². The first kappa shape index (κ1) is 15.4. The molecule has 0 saturated carbocycles. The normalized spacial score (nSPS) is 11.1. The third-order valence-corrected chi connectivity index (χ3v) is 4.20. The molecule has 23 heavy (non-hydrogen) atoms. The molecule has 3 aromatic rings. The number of hydrogen-bond donors (Lipinski definition) is 1. The van der Waals surface area contributed by atoms with E-state index in [0.29, 0.717) is 10.8 Å². The molecular formula is C15H17N5O2S. The van der Waals surface area contributed by atoms with Crippen LogP contribution in [0.3, 0.4) is 0 Å². The van der Waals surface area contributed by atoms with Crippen LogP contribution in [0.25, 0.3) is 10.2 Å². The van der Waals surface area contributed by atoms with Crippen LogP contribution in [-0.2, 0) is 11.2 Å². The SMILES string of the molecule is COc1ccc2nc(NC(=O)Cc3cn(C(C)C)nn3)sc2c1. The Labute approximate surface area is 137 Å². The molecule has 0 spiro atoms. The minimum Gasteiger partial charge on any atom is -0.497 e. The smallest absolute Gasteiger partial charge is 0.232 e. The summed E-state index contributed by atoms with van der Waals surface area (Å²) in [6.07, 6.45) is 1.96. The van der Waals surface area contributed by atoms with Crippen molar-refractivity contribution < 1.29 is 9.53 Å². The summed E-state index contributed by atoms with van der Waals surface area (Å²) in [4.78, 5) is 16.5. The lowest BCUT2D eigenvalue weighted by Gasteiger charge is -2.01. The number of ether oxygens (including phenoxy) is 1. The van der Waals surface area contributed by atoms with Crippen LogP contribution < -0.4 is 10.1 Å². The molecule has 2 heterocycles. The molecule has 0 aliphatic carbocycles. The van der Waals surface area contributed by atoms with Crippen molar-refractivity contribution in [3.8, 4) is 5.75 Å². The zero-order chi connectivity index (χ0) is 16.4. The zero-order valence-corrected chi connectivity index (χ0v) is 13.9. The Hall–Kier alpha value is -2.48. The van der Waals surface area contributed by atoms with Crippen molar-refractivity contribution in [2.75, 3.05) is 12.4 Å². The average Bonchev–Trinajstić information content (AvgIpc) is 3.12. The lowest BCUT2D eigenvalue weighted by Crippen LogP contribution is -2.14. The summed E-state index contributed by atoms with van der Waals surface area (Å²) in [7, 11) is 1.62. The summed E-state index contributed by atoms with van der Waals surface area (Å²) in [5, 5.41) is 11.4. The maximum Gasteiger partial charge on any atom is 0.232 e. The molecule has 1 N–H and O–H groups in total. The van der Waals surface area contributed by atoms with E-state index in [1.807, 2.05) is 32.0 Å². The molecule has 0 saturated heterocycles. The number of aromatic nitrogens is 4. The minimum atomic E-state index is -0.160. The first-order valence-corrected chi connectivity index (χ1v) is 8.02. The van der Waals surface area contributed by atoms with E-state index in [1.165, 1.54) is 11.3 Å². The van der Waals surface area contributed by atoms with Crippen LogP contribution in [0.5, 0.6) is 5.75 Å². The summed E-state index contributed by atoms with van der Waals surface area (Å²) < 4.78 is 7.88. The highest BCUT2D eigenvalue weighted by Gasteiger charge is 2.12. The van der Waals surface area contributed by atoms with E-state index in [9.17, 15) is 4.79 Å². The van der Waals surface area contributed by atoms with Crippen molar-refractivity contribution in [3.05, 3.63) is 30.1 Å². The third kappa shape index (κ3) is 3.48. The highest BCUT2D eigenvalue weighted by atomic mass is 32.1. The summed E-state index contributed by atoms with van der Waals surface area (Å²) in [6.45, 7) is 4.02. The predicted octanol–water partition coefficient (Wildman–Crippen LogP) is 2.66. The van der Waals surface area contributed by atoms with Gasteiger partial charge in [-0.15, -0.1) is 5.10 Å². The molecule has 0 atom stereocenters. The molecule has 1 amide bonds. The van der Waals surface area contributed by atoms with Crippen LogP contribution in [0, 0.1) is 0 Å². The second kappa shape index (κ2) is 6.33. The molecule has 0 unspecified atom stereocenters.